The van der Waals surface area contributed by atoms with E-state index in [4.69, 9.17) is 26.6 Å². The Morgan fingerprint density at radius 3 is 2.38 bits per heavy atom. The molecule has 1 aliphatic heterocycles. The van der Waals surface area contributed by atoms with Gasteiger partial charge in [-0.1, -0.05) is 43.1 Å². The second-order valence-corrected chi connectivity index (χ2v) is 12.7. The number of carboxylic acids is 2. The summed E-state index contributed by atoms with van der Waals surface area (Å²) in [6, 6.07) is 14.9. The standard InChI is InChI=1S/C26H36ClN3O3S.C4H4O4/c1-2-28-14-4-18-34(31,32)30-16-17-33-23-10-5-20-11-15-29-25(24(20)19-23)26(12-3-13-26)21-6-8-22(27)9-7-21;5-3(6)1-2-4(7)8/h5-10,19,25,28-30H,2-4,11-18H2,1H3;1-2H,(H,5,6)(H,7,8). The fourth-order valence-electron chi connectivity index (χ4n) is 5.34. The van der Waals surface area contributed by atoms with Crippen molar-refractivity contribution in [3.05, 3.63) is 76.3 Å². The highest BCUT2D eigenvalue weighted by atomic mass is 35.5. The first-order valence-corrected chi connectivity index (χ1v) is 16.2. The predicted octanol–water partition coefficient (Wildman–Crippen LogP) is 3.66. The third-order valence-electron chi connectivity index (χ3n) is 7.47. The number of hydrogen-bond donors (Lipinski definition) is 5. The predicted molar refractivity (Wildman–Crippen MR) is 163 cm³/mol. The Bertz CT molecular complexity index is 1310. The molecule has 2 aromatic carbocycles. The van der Waals surface area contributed by atoms with Crippen LogP contribution in [0.1, 0.15) is 55.3 Å². The van der Waals surface area contributed by atoms with Crippen molar-refractivity contribution in [1.82, 2.24) is 15.4 Å². The smallest absolute Gasteiger partial charge is 0.328 e. The minimum atomic E-state index is -3.28. The number of nitrogens with one attached hydrogen (secondary N) is 3. The lowest BCUT2D eigenvalue weighted by molar-refractivity contribution is -0.134. The average molecular weight is 622 g/mol. The molecule has 0 bridgehead atoms. The molecule has 12 heteroatoms. The molecule has 5 N–H and O–H groups in total. The molecule has 1 saturated carbocycles. The topological polar surface area (TPSA) is 154 Å². The number of benzene rings is 2. The van der Waals surface area contributed by atoms with Crippen LogP contribution in [0.15, 0.2) is 54.6 Å². The number of fused-ring (bicyclic) bond motifs is 1. The molecule has 0 aromatic heterocycles. The van der Waals surface area contributed by atoms with E-state index in [9.17, 15) is 18.0 Å². The van der Waals surface area contributed by atoms with Gasteiger partial charge in [0.25, 0.3) is 0 Å². The van der Waals surface area contributed by atoms with Gasteiger partial charge in [-0.3, -0.25) is 0 Å². The van der Waals surface area contributed by atoms with Gasteiger partial charge in [-0.2, -0.15) is 0 Å². The highest BCUT2D eigenvalue weighted by Gasteiger charge is 2.47. The van der Waals surface area contributed by atoms with Crippen molar-refractivity contribution >= 4 is 33.6 Å². The molecule has 0 saturated heterocycles. The van der Waals surface area contributed by atoms with Crippen LogP contribution in [0, 0.1) is 0 Å². The Balaban J connectivity index is 0.000000531. The maximum Gasteiger partial charge on any atom is 0.328 e. The first-order chi connectivity index (χ1) is 20.1. The van der Waals surface area contributed by atoms with E-state index in [1.54, 1.807) is 0 Å². The zero-order chi connectivity index (χ0) is 30.6. The van der Waals surface area contributed by atoms with Crippen LogP contribution in [-0.4, -0.2) is 69.1 Å². The molecular formula is C30H40ClN3O7S. The Labute approximate surface area is 252 Å². The first-order valence-electron chi connectivity index (χ1n) is 14.1. The maximum absolute atomic E-state index is 12.1. The number of sulfonamides is 1. The van der Waals surface area contributed by atoms with Gasteiger partial charge < -0.3 is 25.6 Å². The van der Waals surface area contributed by atoms with Gasteiger partial charge in [-0.25, -0.2) is 22.7 Å². The normalized spacial score (nSPS) is 17.4. The van der Waals surface area contributed by atoms with Gasteiger partial charge in [-0.05, 0) is 86.3 Å². The molecule has 2 aromatic rings. The van der Waals surface area contributed by atoms with E-state index in [0.717, 1.165) is 43.1 Å². The molecule has 1 heterocycles. The van der Waals surface area contributed by atoms with Crippen molar-refractivity contribution in [2.45, 2.75) is 50.5 Å². The molecule has 2 aliphatic rings. The van der Waals surface area contributed by atoms with E-state index in [1.165, 1.54) is 23.1 Å². The van der Waals surface area contributed by atoms with E-state index >= 15 is 0 Å². The number of ether oxygens (including phenoxy) is 1. The van der Waals surface area contributed by atoms with Crippen molar-refractivity contribution in [3.8, 4) is 5.75 Å². The highest BCUT2D eigenvalue weighted by molar-refractivity contribution is 7.89. The summed E-state index contributed by atoms with van der Waals surface area (Å²) >= 11 is 6.16. The lowest BCUT2D eigenvalue weighted by Crippen LogP contribution is -2.49. The monoisotopic (exact) mass is 621 g/mol. The van der Waals surface area contributed by atoms with Gasteiger partial charge in [0.2, 0.25) is 10.0 Å². The van der Waals surface area contributed by atoms with Crippen molar-refractivity contribution in [2.24, 2.45) is 0 Å². The fourth-order valence-corrected chi connectivity index (χ4v) is 6.53. The molecule has 1 atom stereocenters. The van der Waals surface area contributed by atoms with Gasteiger partial charge in [0.05, 0.1) is 5.75 Å². The lowest BCUT2D eigenvalue weighted by atomic mass is 9.58. The van der Waals surface area contributed by atoms with Gasteiger partial charge >= 0.3 is 11.9 Å². The maximum atomic E-state index is 12.1. The van der Waals surface area contributed by atoms with Crippen LogP contribution in [0.3, 0.4) is 0 Å². The summed E-state index contributed by atoms with van der Waals surface area (Å²) < 4.78 is 32.9. The number of halogens is 1. The number of carboxylic acid groups (broad SMARTS) is 2. The van der Waals surface area contributed by atoms with Crippen molar-refractivity contribution in [1.29, 1.82) is 0 Å². The Morgan fingerprint density at radius 1 is 1.10 bits per heavy atom. The summed E-state index contributed by atoms with van der Waals surface area (Å²) in [6.07, 6.45) is 6.22. The third-order valence-corrected chi connectivity index (χ3v) is 9.19. The molecule has 1 aliphatic carbocycles. The summed E-state index contributed by atoms with van der Waals surface area (Å²) in [7, 11) is -3.28. The average Bonchev–Trinajstić information content (AvgIpc) is 2.93. The number of hydrogen-bond acceptors (Lipinski definition) is 7. The van der Waals surface area contributed by atoms with Gasteiger partial charge in [0, 0.05) is 35.2 Å². The number of rotatable bonds is 14. The van der Waals surface area contributed by atoms with Crippen LogP contribution < -0.4 is 20.1 Å². The van der Waals surface area contributed by atoms with Crippen molar-refractivity contribution in [3.63, 3.8) is 0 Å². The Hall–Kier alpha value is -2.96. The molecule has 0 radical (unpaired) electrons. The molecule has 42 heavy (non-hydrogen) atoms. The SMILES string of the molecule is CCNCCCS(=O)(=O)NCCOc1ccc2c(c1)C(C1(c3ccc(Cl)cc3)CCC1)NCC2.O=C(O)C=CC(=O)O. The van der Waals surface area contributed by atoms with E-state index < -0.39 is 22.0 Å². The van der Waals surface area contributed by atoms with Crippen LogP contribution in [0.25, 0.3) is 0 Å². The zero-order valence-corrected chi connectivity index (χ0v) is 25.3. The van der Waals surface area contributed by atoms with E-state index in [2.05, 4.69) is 39.6 Å². The first kappa shape index (κ1) is 33.5. The lowest BCUT2D eigenvalue weighted by Gasteiger charge is -2.50. The Morgan fingerprint density at radius 2 is 1.79 bits per heavy atom. The van der Waals surface area contributed by atoms with Crippen molar-refractivity contribution < 1.29 is 33.0 Å². The molecule has 1 unspecified atom stereocenters. The Kier molecular flexibility index (Phi) is 12.8. The summed E-state index contributed by atoms with van der Waals surface area (Å²) in [5.41, 5.74) is 4.06. The molecular weight excluding hydrogens is 582 g/mol. The molecule has 1 fully saturated rings. The summed E-state index contributed by atoms with van der Waals surface area (Å²) in [6.45, 7) is 5.08. The molecule has 4 rings (SSSR count). The van der Waals surface area contributed by atoms with E-state index in [1.807, 2.05) is 25.1 Å². The highest BCUT2D eigenvalue weighted by Crippen LogP contribution is 2.53. The van der Waals surface area contributed by atoms with Crippen LogP contribution in [0.2, 0.25) is 5.02 Å². The quantitative estimate of drug-likeness (QED) is 0.157. The molecule has 10 nitrogen and oxygen atoms in total. The minimum Gasteiger partial charge on any atom is -0.492 e. The molecule has 0 amide bonds. The summed E-state index contributed by atoms with van der Waals surface area (Å²) in [4.78, 5) is 19.1. The van der Waals surface area contributed by atoms with Gasteiger partial charge in [0.15, 0.2) is 0 Å². The molecule has 0 spiro atoms. The summed E-state index contributed by atoms with van der Waals surface area (Å²) in [5.74, 6) is -1.61. The minimum absolute atomic E-state index is 0.0701. The third kappa shape index (κ3) is 9.81. The number of carbonyl (C=O) groups is 2. The number of aliphatic carboxylic acids is 2. The van der Waals surface area contributed by atoms with Crippen LogP contribution in [-0.2, 0) is 31.4 Å². The fraction of sp³-hybridized carbons (Fsp3) is 0.467. The van der Waals surface area contributed by atoms with Crippen LogP contribution in [0.5, 0.6) is 5.75 Å². The van der Waals surface area contributed by atoms with Crippen LogP contribution >= 0.6 is 11.6 Å². The van der Waals surface area contributed by atoms with Gasteiger partial charge in [0.1, 0.15) is 12.4 Å². The zero-order valence-electron chi connectivity index (χ0n) is 23.8. The van der Waals surface area contributed by atoms with Crippen LogP contribution in [0.4, 0.5) is 0 Å². The van der Waals surface area contributed by atoms with Crippen molar-refractivity contribution in [2.75, 3.05) is 38.5 Å². The van der Waals surface area contributed by atoms with E-state index in [-0.39, 0.29) is 23.8 Å². The largest absolute Gasteiger partial charge is 0.492 e. The second-order valence-electron chi connectivity index (χ2n) is 10.3. The summed E-state index contributed by atoms with van der Waals surface area (Å²) in [5, 5.41) is 23.3. The van der Waals surface area contributed by atoms with E-state index in [0.29, 0.717) is 31.7 Å². The molecule has 230 valence electrons. The second kappa shape index (κ2) is 16.0. The van der Waals surface area contributed by atoms with Gasteiger partial charge in [-0.15, -0.1) is 0 Å².